The summed E-state index contributed by atoms with van der Waals surface area (Å²) in [6, 6.07) is 9.97. The number of imide groups is 1. The number of amides is 2. The van der Waals surface area contributed by atoms with Crippen molar-refractivity contribution in [1.82, 2.24) is 20.1 Å². The molecule has 3 aliphatic heterocycles. The van der Waals surface area contributed by atoms with Crippen molar-refractivity contribution in [3.63, 3.8) is 0 Å². The average molecular weight is 450 g/mol. The molecule has 0 saturated carbocycles. The van der Waals surface area contributed by atoms with E-state index in [1.807, 2.05) is 24.4 Å². The molecule has 1 unspecified atom stereocenters. The fraction of sp³-hybridized carbons (Fsp3) is 0.480. The SMILES string of the molecule is Nc1ccc(CCN2CCC(Oc3ccc4c(c3)CN(C3CCC(=O)NC3=O)C4)CC2)cn1. The standard InChI is InChI=1S/C25H31N5O3/c26-23-5-1-17(14-27-23)7-10-29-11-8-20(9-12-29)33-21-3-2-18-15-30(16-19(18)13-21)22-4-6-24(31)28-25(22)32/h1-3,5,13-14,20,22H,4,6-12,15-16H2,(H2,26,27)(H,28,31,32). The number of fused-ring (bicyclic) bond motifs is 1. The molecular weight excluding hydrogens is 418 g/mol. The lowest BCUT2D eigenvalue weighted by atomic mass is 10.0. The molecule has 0 aliphatic carbocycles. The quantitative estimate of drug-likeness (QED) is 0.650. The number of hydrogen-bond donors (Lipinski definition) is 2. The highest BCUT2D eigenvalue weighted by Crippen LogP contribution is 2.31. The van der Waals surface area contributed by atoms with Crippen LogP contribution in [0.1, 0.15) is 42.4 Å². The molecular formula is C25H31N5O3. The molecule has 2 saturated heterocycles. The number of anilines is 1. The highest BCUT2D eigenvalue weighted by molar-refractivity contribution is 6.00. The molecule has 5 rings (SSSR count). The first-order chi connectivity index (χ1) is 16.0. The molecule has 2 amide bonds. The molecule has 4 heterocycles. The van der Waals surface area contributed by atoms with Crippen molar-refractivity contribution in [3.8, 4) is 5.75 Å². The van der Waals surface area contributed by atoms with Crippen LogP contribution in [0.5, 0.6) is 5.75 Å². The highest BCUT2D eigenvalue weighted by Gasteiger charge is 2.34. The number of carbonyl (C=O) groups is 2. The van der Waals surface area contributed by atoms with Crippen molar-refractivity contribution in [3.05, 3.63) is 53.2 Å². The Labute approximate surface area is 194 Å². The van der Waals surface area contributed by atoms with E-state index in [0.29, 0.717) is 18.7 Å². The van der Waals surface area contributed by atoms with Crippen LogP contribution in [0.15, 0.2) is 36.5 Å². The van der Waals surface area contributed by atoms with Gasteiger partial charge in [-0.1, -0.05) is 12.1 Å². The number of nitrogens with zero attached hydrogens (tertiary/aromatic N) is 3. The number of nitrogens with one attached hydrogen (secondary N) is 1. The van der Waals surface area contributed by atoms with Crippen LogP contribution in [0.25, 0.3) is 0 Å². The number of rotatable bonds is 6. The third-order valence-corrected chi connectivity index (χ3v) is 6.98. The summed E-state index contributed by atoms with van der Waals surface area (Å²) in [5, 5.41) is 2.47. The summed E-state index contributed by atoms with van der Waals surface area (Å²) in [6.07, 6.45) is 6.10. The molecule has 0 radical (unpaired) electrons. The molecule has 2 aromatic rings. The van der Waals surface area contributed by atoms with Crippen LogP contribution in [0, 0.1) is 0 Å². The van der Waals surface area contributed by atoms with Gasteiger partial charge < -0.3 is 15.4 Å². The summed E-state index contributed by atoms with van der Waals surface area (Å²) in [5.41, 5.74) is 9.32. The lowest BCUT2D eigenvalue weighted by Crippen LogP contribution is -2.50. The number of benzene rings is 1. The van der Waals surface area contributed by atoms with Gasteiger partial charge in [0.15, 0.2) is 0 Å². The molecule has 1 aromatic heterocycles. The number of likely N-dealkylation sites (tertiary alicyclic amines) is 1. The number of ether oxygens (including phenoxy) is 1. The van der Waals surface area contributed by atoms with Crippen molar-refractivity contribution >= 4 is 17.6 Å². The van der Waals surface area contributed by atoms with Crippen LogP contribution >= 0.6 is 0 Å². The lowest BCUT2D eigenvalue weighted by Gasteiger charge is -2.32. The Bertz CT molecular complexity index is 1020. The first kappa shape index (κ1) is 21.9. The molecule has 8 heteroatoms. The van der Waals surface area contributed by atoms with Gasteiger partial charge in [-0.05, 0) is 60.6 Å². The second kappa shape index (κ2) is 9.49. The van der Waals surface area contributed by atoms with Gasteiger partial charge in [-0.2, -0.15) is 0 Å². The predicted molar refractivity (Wildman–Crippen MR) is 124 cm³/mol. The van der Waals surface area contributed by atoms with Gasteiger partial charge in [0.1, 0.15) is 17.7 Å². The van der Waals surface area contributed by atoms with Crippen molar-refractivity contribution < 1.29 is 14.3 Å². The van der Waals surface area contributed by atoms with E-state index in [1.54, 1.807) is 0 Å². The second-order valence-electron chi connectivity index (χ2n) is 9.30. The Hall–Kier alpha value is -2.97. The molecule has 0 bridgehead atoms. The van der Waals surface area contributed by atoms with Gasteiger partial charge in [0.05, 0.1) is 6.04 Å². The smallest absolute Gasteiger partial charge is 0.243 e. The number of aromatic nitrogens is 1. The Kier molecular flexibility index (Phi) is 6.28. The molecule has 1 aromatic carbocycles. The molecule has 174 valence electrons. The first-order valence-electron chi connectivity index (χ1n) is 11.8. The molecule has 3 aliphatic rings. The lowest BCUT2D eigenvalue weighted by molar-refractivity contribution is -0.137. The minimum Gasteiger partial charge on any atom is -0.490 e. The molecule has 3 N–H and O–H groups in total. The van der Waals surface area contributed by atoms with Gasteiger partial charge in [-0.3, -0.25) is 19.8 Å². The summed E-state index contributed by atoms with van der Waals surface area (Å²) < 4.78 is 6.33. The van der Waals surface area contributed by atoms with Crippen LogP contribution < -0.4 is 15.8 Å². The van der Waals surface area contributed by atoms with Gasteiger partial charge >= 0.3 is 0 Å². The summed E-state index contributed by atoms with van der Waals surface area (Å²) >= 11 is 0. The Balaban J connectivity index is 1.10. The minimum atomic E-state index is -0.229. The van der Waals surface area contributed by atoms with Crippen LogP contribution in [0.2, 0.25) is 0 Å². The molecule has 8 nitrogen and oxygen atoms in total. The van der Waals surface area contributed by atoms with Gasteiger partial charge in [0.2, 0.25) is 11.8 Å². The van der Waals surface area contributed by atoms with E-state index >= 15 is 0 Å². The van der Waals surface area contributed by atoms with Gasteiger partial charge in [0.25, 0.3) is 0 Å². The molecule has 2 fully saturated rings. The van der Waals surface area contributed by atoms with Crippen molar-refractivity contribution in [1.29, 1.82) is 0 Å². The minimum absolute atomic E-state index is 0.169. The number of nitrogen functional groups attached to an aromatic ring is 1. The number of pyridine rings is 1. The van der Waals surface area contributed by atoms with Gasteiger partial charge in [-0.25, -0.2) is 4.98 Å². The number of hydrogen-bond acceptors (Lipinski definition) is 7. The van der Waals surface area contributed by atoms with E-state index in [1.165, 1.54) is 16.7 Å². The molecule has 0 spiro atoms. The van der Waals surface area contributed by atoms with Crippen LogP contribution in [-0.4, -0.2) is 58.4 Å². The topological polar surface area (TPSA) is 101 Å². The monoisotopic (exact) mass is 449 g/mol. The van der Waals surface area contributed by atoms with E-state index < -0.39 is 0 Å². The Morgan fingerprint density at radius 3 is 2.64 bits per heavy atom. The third kappa shape index (κ3) is 5.17. The number of piperidine rings is 2. The van der Waals surface area contributed by atoms with E-state index in [2.05, 4.69) is 32.2 Å². The summed E-state index contributed by atoms with van der Waals surface area (Å²) in [4.78, 5) is 32.5. The van der Waals surface area contributed by atoms with E-state index in [4.69, 9.17) is 10.5 Å². The average Bonchev–Trinajstić information content (AvgIpc) is 3.23. The third-order valence-electron chi connectivity index (χ3n) is 6.98. The van der Waals surface area contributed by atoms with Crippen LogP contribution in [0.3, 0.4) is 0 Å². The summed E-state index contributed by atoms with van der Waals surface area (Å²) in [7, 11) is 0. The zero-order valence-corrected chi connectivity index (χ0v) is 18.8. The van der Waals surface area contributed by atoms with Crippen LogP contribution in [-0.2, 0) is 29.1 Å². The first-order valence-corrected chi connectivity index (χ1v) is 11.8. The van der Waals surface area contributed by atoms with Gasteiger partial charge in [0, 0.05) is 45.3 Å². The maximum atomic E-state index is 12.2. The van der Waals surface area contributed by atoms with Crippen molar-refractivity contribution in [2.45, 2.75) is 57.3 Å². The Morgan fingerprint density at radius 1 is 1.06 bits per heavy atom. The maximum Gasteiger partial charge on any atom is 0.243 e. The highest BCUT2D eigenvalue weighted by atomic mass is 16.5. The van der Waals surface area contributed by atoms with Crippen molar-refractivity contribution in [2.75, 3.05) is 25.4 Å². The normalized spacial score (nSPS) is 22.2. The molecule has 1 atom stereocenters. The zero-order valence-electron chi connectivity index (χ0n) is 18.8. The van der Waals surface area contributed by atoms with E-state index in [-0.39, 0.29) is 24.0 Å². The summed E-state index contributed by atoms with van der Waals surface area (Å²) in [5.74, 6) is 1.13. The summed E-state index contributed by atoms with van der Waals surface area (Å²) in [6.45, 7) is 4.54. The molecule has 33 heavy (non-hydrogen) atoms. The van der Waals surface area contributed by atoms with Crippen LogP contribution in [0.4, 0.5) is 5.82 Å². The number of carbonyl (C=O) groups excluding carboxylic acids is 2. The Morgan fingerprint density at radius 2 is 1.88 bits per heavy atom. The van der Waals surface area contributed by atoms with Gasteiger partial charge in [-0.15, -0.1) is 0 Å². The maximum absolute atomic E-state index is 12.2. The fourth-order valence-corrected chi connectivity index (χ4v) is 5.04. The van der Waals surface area contributed by atoms with E-state index in [9.17, 15) is 9.59 Å². The van der Waals surface area contributed by atoms with E-state index in [0.717, 1.165) is 57.7 Å². The largest absolute Gasteiger partial charge is 0.490 e. The zero-order chi connectivity index (χ0) is 22.8. The fourth-order valence-electron chi connectivity index (χ4n) is 5.04. The second-order valence-corrected chi connectivity index (χ2v) is 9.30. The van der Waals surface area contributed by atoms with Crippen molar-refractivity contribution in [2.24, 2.45) is 0 Å². The predicted octanol–water partition coefficient (Wildman–Crippen LogP) is 1.87. The number of nitrogens with two attached hydrogens (primary N) is 1.